The Labute approximate surface area is 209 Å². The van der Waals surface area contributed by atoms with E-state index in [1.54, 1.807) is 16.7 Å². The Hall–Kier alpha value is -2.07. The highest BCUT2D eigenvalue weighted by Gasteiger charge is 2.49. The third-order valence-electron chi connectivity index (χ3n) is 6.02. The molecule has 2 aliphatic rings. The molecule has 0 atom stereocenters. The molecule has 2 heterocycles. The van der Waals surface area contributed by atoms with Crippen LogP contribution in [0.5, 0.6) is 0 Å². The van der Waals surface area contributed by atoms with Crippen molar-refractivity contribution in [2.75, 3.05) is 32.8 Å². The number of hydrogen-bond acceptors (Lipinski definition) is 6. The van der Waals surface area contributed by atoms with Crippen molar-refractivity contribution in [1.82, 2.24) is 19.8 Å². The van der Waals surface area contributed by atoms with Gasteiger partial charge in [-0.3, -0.25) is 9.59 Å². The fourth-order valence-electron chi connectivity index (χ4n) is 4.25. The van der Waals surface area contributed by atoms with Crippen molar-refractivity contribution in [2.45, 2.75) is 49.3 Å². The summed E-state index contributed by atoms with van der Waals surface area (Å²) in [6.45, 7) is 8.23. The molecule has 2 amide bonds. The van der Waals surface area contributed by atoms with Crippen LogP contribution in [0.25, 0.3) is 0 Å². The van der Waals surface area contributed by atoms with Gasteiger partial charge in [-0.15, -0.1) is 11.8 Å². The van der Waals surface area contributed by atoms with Crippen LogP contribution in [0.1, 0.15) is 53.4 Å². The number of benzene rings is 1. The van der Waals surface area contributed by atoms with Gasteiger partial charge in [0, 0.05) is 47.2 Å². The number of nitrogens with two attached hydrogens (primary N) is 1. The minimum atomic E-state index is -0.295. The Morgan fingerprint density at radius 2 is 2.03 bits per heavy atom. The molecule has 0 saturated heterocycles. The van der Waals surface area contributed by atoms with E-state index in [2.05, 4.69) is 24.1 Å². The maximum Gasteiger partial charge on any atom is 0.287 e. The molecule has 184 valence electrons. The van der Waals surface area contributed by atoms with Crippen LogP contribution in [0, 0.1) is 0 Å². The van der Waals surface area contributed by atoms with Gasteiger partial charge in [0.1, 0.15) is 5.69 Å². The topological polar surface area (TPSA) is 102 Å². The fourth-order valence-corrected chi connectivity index (χ4v) is 6.22. The standard InChI is InChI=1S/C24H32ClN5O3S/c1-23(2,16-33-12-9-26)34-24(7-8-24)15-29-10-11-30-19(22(29)32)14-27-20(30)21(31)28-13-17-3-5-18(25)6-4-17/h3-6,14H,7-13,15-16,26H2,1-2H3,(H,28,31). The van der Waals surface area contributed by atoms with Gasteiger partial charge in [0.15, 0.2) is 5.82 Å². The number of aromatic nitrogens is 2. The minimum absolute atomic E-state index is 0.0539. The SMILES string of the molecule is CC(C)(COCCN)SC1(CN2CCn3c(cnc3C(=O)NCc3ccc(Cl)cc3)C2=O)CC1. The van der Waals surface area contributed by atoms with Crippen molar-refractivity contribution in [1.29, 1.82) is 0 Å². The highest BCUT2D eigenvalue weighted by atomic mass is 35.5. The maximum atomic E-state index is 13.2. The number of nitrogens with zero attached hydrogens (tertiary/aromatic N) is 3. The number of ether oxygens (including phenoxy) is 1. The van der Waals surface area contributed by atoms with Gasteiger partial charge >= 0.3 is 0 Å². The molecule has 1 aliphatic carbocycles. The largest absolute Gasteiger partial charge is 0.379 e. The van der Waals surface area contributed by atoms with E-state index in [1.165, 1.54) is 6.20 Å². The molecule has 0 spiro atoms. The molecule has 1 aromatic heterocycles. The van der Waals surface area contributed by atoms with E-state index in [1.807, 2.05) is 28.8 Å². The predicted molar refractivity (Wildman–Crippen MR) is 134 cm³/mol. The summed E-state index contributed by atoms with van der Waals surface area (Å²) in [5, 5.41) is 3.53. The first-order valence-corrected chi connectivity index (χ1v) is 12.8. The van der Waals surface area contributed by atoms with Gasteiger partial charge in [-0.2, -0.15) is 0 Å². The lowest BCUT2D eigenvalue weighted by Gasteiger charge is -2.35. The molecule has 10 heteroatoms. The maximum absolute atomic E-state index is 13.2. The van der Waals surface area contributed by atoms with Crippen molar-refractivity contribution in [2.24, 2.45) is 5.73 Å². The Kier molecular flexibility index (Phi) is 7.57. The second-order valence-electron chi connectivity index (χ2n) is 9.54. The predicted octanol–water partition coefficient (Wildman–Crippen LogP) is 2.94. The zero-order chi connectivity index (χ0) is 24.3. The number of carbonyl (C=O) groups is 2. The van der Waals surface area contributed by atoms with E-state index in [0.29, 0.717) is 56.7 Å². The molecule has 1 aliphatic heterocycles. The van der Waals surface area contributed by atoms with Gasteiger partial charge in [-0.25, -0.2) is 4.98 Å². The molecule has 0 radical (unpaired) electrons. The number of rotatable bonds is 11. The Morgan fingerprint density at radius 3 is 2.71 bits per heavy atom. The molecule has 1 aromatic carbocycles. The molecule has 3 N–H and O–H groups in total. The average Bonchev–Trinajstić information content (AvgIpc) is 3.38. The molecule has 1 saturated carbocycles. The molecule has 4 rings (SSSR count). The summed E-state index contributed by atoms with van der Waals surface area (Å²) in [5.41, 5.74) is 6.94. The van der Waals surface area contributed by atoms with Crippen molar-refractivity contribution in [3.63, 3.8) is 0 Å². The normalized spacial score (nSPS) is 16.9. The molecule has 2 aromatic rings. The van der Waals surface area contributed by atoms with Gasteiger partial charge in [-0.1, -0.05) is 23.7 Å². The zero-order valence-electron chi connectivity index (χ0n) is 19.7. The molecular formula is C24H32ClN5O3S. The van der Waals surface area contributed by atoms with Crippen molar-refractivity contribution in [3.05, 3.63) is 52.6 Å². The third kappa shape index (κ3) is 5.94. The highest BCUT2D eigenvalue weighted by Crippen LogP contribution is 2.54. The van der Waals surface area contributed by atoms with Gasteiger partial charge in [0.2, 0.25) is 0 Å². The lowest BCUT2D eigenvalue weighted by atomic mass is 10.2. The number of thioether (sulfide) groups is 1. The van der Waals surface area contributed by atoms with Gasteiger partial charge in [-0.05, 0) is 44.4 Å². The second kappa shape index (κ2) is 10.3. The van der Waals surface area contributed by atoms with E-state index in [4.69, 9.17) is 22.1 Å². The monoisotopic (exact) mass is 505 g/mol. The summed E-state index contributed by atoms with van der Waals surface area (Å²) >= 11 is 7.82. The Morgan fingerprint density at radius 1 is 1.29 bits per heavy atom. The molecule has 8 nitrogen and oxygen atoms in total. The molecular weight excluding hydrogens is 474 g/mol. The number of halogens is 1. The van der Waals surface area contributed by atoms with Crippen molar-refractivity contribution >= 4 is 35.2 Å². The molecule has 0 unspecified atom stereocenters. The summed E-state index contributed by atoms with van der Waals surface area (Å²) in [4.78, 5) is 32.1. The second-order valence-corrected chi connectivity index (χ2v) is 12.2. The molecule has 1 fully saturated rings. The van der Waals surface area contributed by atoms with E-state index < -0.39 is 0 Å². The third-order valence-corrected chi connectivity index (χ3v) is 7.91. The first-order chi connectivity index (χ1) is 16.2. The lowest BCUT2D eigenvalue weighted by molar-refractivity contribution is 0.0699. The Bertz CT molecular complexity index is 1040. The number of imidazole rings is 1. The molecule has 34 heavy (non-hydrogen) atoms. The number of fused-ring (bicyclic) bond motifs is 1. The van der Waals surface area contributed by atoms with Crippen LogP contribution >= 0.6 is 23.4 Å². The van der Waals surface area contributed by atoms with Crippen LogP contribution < -0.4 is 11.1 Å². The van der Waals surface area contributed by atoms with Crippen LogP contribution in [0.4, 0.5) is 0 Å². The average molecular weight is 506 g/mol. The van der Waals surface area contributed by atoms with E-state index >= 15 is 0 Å². The molecule has 0 bridgehead atoms. The smallest absolute Gasteiger partial charge is 0.287 e. The quantitative estimate of drug-likeness (QED) is 0.455. The van der Waals surface area contributed by atoms with E-state index in [-0.39, 0.29) is 27.1 Å². The van der Waals surface area contributed by atoms with Gasteiger partial charge < -0.3 is 25.3 Å². The van der Waals surface area contributed by atoms with Crippen LogP contribution in [0.2, 0.25) is 5.02 Å². The van der Waals surface area contributed by atoms with E-state index in [9.17, 15) is 9.59 Å². The van der Waals surface area contributed by atoms with Crippen molar-refractivity contribution < 1.29 is 14.3 Å². The summed E-state index contributed by atoms with van der Waals surface area (Å²) in [5.74, 6) is -0.0962. The van der Waals surface area contributed by atoms with Gasteiger partial charge in [0.25, 0.3) is 11.8 Å². The fraction of sp³-hybridized carbons (Fsp3) is 0.542. The minimum Gasteiger partial charge on any atom is -0.379 e. The number of amides is 2. The lowest BCUT2D eigenvalue weighted by Crippen LogP contribution is -2.45. The number of hydrogen-bond donors (Lipinski definition) is 2. The number of carbonyl (C=O) groups excluding carboxylic acids is 2. The Balaban J connectivity index is 1.36. The summed E-state index contributed by atoms with van der Waals surface area (Å²) in [7, 11) is 0. The van der Waals surface area contributed by atoms with Gasteiger partial charge in [0.05, 0.1) is 19.4 Å². The van der Waals surface area contributed by atoms with Crippen LogP contribution in [-0.2, 0) is 17.8 Å². The van der Waals surface area contributed by atoms with Crippen LogP contribution in [0.15, 0.2) is 30.5 Å². The number of nitrogens with one attached hydrogen (secondary N) is 1. The van der Waals surface area contributed by atoms with E-state index in [0.717, 1.165) is 18.4 Å². The highest BCUT2D eigenvalue weighted by molar-refractivity contribution is 8.02. The zero-order valence-corrected chi connectivity index (χ0v) is 21.3. The first-order valence-electron chi connectivity index (χ1n) is 11.6. The summed E-state index contributed by atoms with van der Waals surface area (Å²) < 4.78 is 7.41. The summed E-state index contributed by atoms with van der Waals surface area (Å²) in [6.07, 6.45) is 3.68. The van der Waals surface area contributed by atoms with Crippen molar-refractivity contribution in [3.8, 4) is 0 Å². The van der Waals surface area contributed by atoms with Crippen LogP contribution in [0.3, 0.4) is 0 Å². The first kappa shape index (κ1) is 25.0. The van der Waals surface area contributed by atoms with Crippen LogP contribution in [-0.4, -0.2) is 68.6 Å². The summed E-state index contributed by atoms with van der Waals surface area (Å²) in [6, 6.07) is 7.30.